The number of rotatable bonds is 5. The van der Waals surface area contributed by atoms with E-state index in [9.17, 15) is 14.4 Å². The first-order chi connectivity index (χ1) is 13.9. The van der Waals surface area contributed by atoms with Gasteiger partial charge in [-0.05, 0) is 43.9 Å². The average molecular weight is 416 g/mol. The van der Waals surface area contributed by atoms with Crippen molar-refractivity contribution in [1.29, 1.82) is 0 Å². The van der Waals surface area contributed by atoms with Crippen LogP contribution in [0.3, 0.4) is 0 Å². The minimum Gasteiger partial charge on any atom is -0.482 e. The predicted octanol–water partition coefficient (Wildman–Crippen LogP) is 2.05. The van der Waals surface area contributed by atoms with Crippen LogP contribution in [0.5, 0.6) is 11.5 Å². The molecule has 0 radical (unpaired) electrons. The van der Waals surface area contributed by atoms with Crippen LogP contribution in [0.25, 0.3) is 0 Å². The highest BCUT2D eigenvalue weighted by Crippen LogP contribution is 2.39. The number of benzene rings is 1. The SMILES string of the molecule is CC1Oc2ccccc2OC1C(=O)OCC(=O)Nc1sc2c(c1C(N)=O)CCC2. The molecule has 0 bridgehead atoms. The summed E-state index contributed by atoms with van der Waals surface area (Å²) in [5.41, 5.74) is 6.75. The van der Waals surface area contributed by atoms with Gasteiger partial charge in [0.05, 0.1) is 5.56 Å². The monoisotopic (exact) mass is 416 g/mol. The van der Waals surface area contributed by atoms with Crippen LogP contribution in [0.4, 0.5) is 5.00 Å². The highest BCUT2D eigenvalue weighted by atomic mass is 32.1. The molecule has 2 unspecified atom stereocenters. The number of amides is 2. The van der Waals surface area contributed by atoms with Crippen LogP contribution in [0.1, 0.15) is 34.1 Å². The summed E-state index contributed by atoms with van der Waals surface area (Å²) in [6.07, 6.45) is 1.06. The lowest BCUT2D eigenvalue weighted by molar-refractivity contribution is -0.159. The smallest absolute Gasteiger partial charge is 0.351 e. The first-order valence-electron chi connectivity index (χ1n) is 9.27. The van der Waals surface area contributed by atoms with Crippen molar-refractivity contribution in [3.8, 4) is 11.5 Å². The van der Waals surface area contributed by atoms with E-state index in [1.165, 1.54) is 11.3 Å². The summed E-state index contributed by atoms with van der Waals surface area (Å²) in [7, 11) is 0. The standard InChI is InChI=1S/C20H20N2O6S/c1-10-17(28-13-7-3-2-6-12(13)27-10)20(25)26-9-15(23)22-19-16(18(21)24)11-5-4-8-14(11)29-19/h2-3,6-7,10,17H,4-5,8-9H2,1H3,(H2,21,24)(H,22,23). The topological polar surface area (TPSA) is 117 Å². The van der Waals surface area contributed by atoms with Crippen molar-refractivity contribution in [2.45, 2.75) is 38.4 Å². The summed E-state index contributed by atoms with van der Waals surface area (Å²) >= 11 is 1.34. The van der Waals surface area contributed by atoms with Crippen molar-refractivity contribution in [3.05, 3.63) is 40.3 Å². The van der Waals surface area contributed by atoms with Gasteiger partial charge in [-0.25, -0.2) is 4.79 Å². The molecule has 0 spiro atoms. The fraction of sp³-hybridized carbons (Fsp3) is 0.350. The number of nitrogens with one attached hydrogen (secondary N) is 1. The van der Waals surface area contributed by atoms with E-state index >= 15 is 0 Å². The third-order valence-corrected chi connectivity index (χ3v) is 6.05. The number of esters is 1. The van der Waals surface area contributed by atoms with E-state index in [-0.39, 0.29) is 0 Å². The molecule has 29 heavy (non-hydrogen) atoms. The van der Waals surface area contributed by atoms with E-state index in [0.717, 1.165) is 29.7 Å². The van der Waals surface area contributed by atoms with E-state index in [1.807, 2.05) is 0 Å². The first kappa shape index (κ1) is 19.3. The Bertz CT molecular complexity index is 985. The quantitative estimate of drug-likeness (QED) is 0.721. The van der Waals surface area contributed by atoms with Crippen LogP contribution >= 0.6 is 11.3 Å². The van der Waals surface area contributed by atoms with E-state index < -0.39 is 36.6 Å². The summed E-state index contributed by atoms with van der Waals surface area (Å²) in [6.45, 7) is 1.18. The van der Waals surface area contributed by atoms with Crippen LogP contribution < -0.4 is 20.5 Å². The fourth-order valence-electron chi connectivity index (χ4n) is 3.51. The minimum atomic E-state index is -0.982. The Kier molecular flexibility index (Phi) is 5.14. The normalized spacial score (nSPS) is 19.3. The third kappa shape index (κ3) is 3.77. The maximum absolute atomic E-state index is 12.4. The fourth-order valence-corrected chi connectivity index (χ4v) is 4.82. The summed E-state index contributed by atoms with van der Waals surface area (Å²) in [5, 5.41) is 3.04. The van der Waals surface area contributed by atoms with Crippen LogP contribution in [0.15, 0.2) is 24.3 Å². The van der Waals surface area contributed by atoms with Gasteiger partial charge in [-0.3, -0.25) is 9.59 Å². The summed E-state index contributed by atoms with van der Waals surface area (Å²) < 4.78 is 16.4. The summed E-state index contributed by atoms with van der Waals surface area (Å²) in [5.74, 6) is -0.837. The van der Waals surface area contributed by atoms with Gasteiger partial charge in [0.25, 0.3) is 11.8 Å². The molecule has 1 aliphatic heterocycles. The lowest BCUT2D eigenvalue weighted by atomic mass is 10.1. The maximum Gasteiger partial charge on any atom is 0.351 e. The highest BCUT2D eigenvalue weighted by molar-refractivity contribution is 7.17. The predicted molar refractivity (Wildman–Crippen MR) is 105 cm³/mol. The maximum atomic E-state index is 12.4. The number of para-hydroxylation sites is 2. The van der Waals surface area contributed by atoms with Crippen molar-refractivity contribution < 1.29 is 28.6 Å². The molecule has 152 valence electrons. The van der Waals surface area contributed by atoms with Gasteiger partial charge >= 0.3 is 5.97 Å². The number of aryl methyl sites for hydroxylation is 1. The van der Waals surface area contributed by atoms with Crippen LogP contribution in [-0.2, 0) is 27.2 Å². The second kappa shape index (κ2) is 7.75. The summed E-state index contributed by atoms with van der Waals surface area (Å²) in [4.78, 5) is 37.5. The molecule has 1 aromatic heterocycles. The third-order valence-electron chi connectivity index (χ3n) is 4.84. The van der Waals surface area contributed by atoms with E-state index in [1.54, 1.807) is 31.2 Å². The van der Waals surface area contributed by atoms with Gasteiger partial charge in [0.15, 0.2) is 18.1 Å². The number of primary amides is 1. The van der Waals surface area contributed by atoms with Gasteiger partial charge in [-0.2, -0.15) is 0 Å². The Morgan fingerprint density at radius 2 is 1.93 bits per heavy atom. The zero-order valence-corrected chi connectivity index (χ0v) is 16.5. The molecule has 2 atom stereocenters. The number of hydrogen-bond acceptors (Lipinski definition) is 7. The van der Waals surface area contributed by atoms with Crippen molar-refractivity contribution in [1.82, 2.24) is 0 Å². The average Bonchev–Trinajstić information content (AvgIpc) is 3.25. The molecule has 0 saturated carbocycles. The molecule has 2 amide bonds. The van der Waals surface area contributed by atoms with E-state index in [4.69, 9.17) is 19.9 Å². The molecule has 1 aromatic carbocycles. The molecule has 2 aromatic rings. The zero-order chi connectivity index (χ0) is 20.5. The molecular weight excluding hydrogens is 396 g/mol. The number of fused-ring (bicyclic) bond motifs is 2. The number of thiophene rings is 1. The number of carbonyl (C=O) groups is 3. The van der Waals surface area contributed by atoms with Gasteiger partial charge in [0, 0.05) is 4.88 Å². The Morgan fingerprint density at radius 3 is 2.66 bits per heavy atom. The second-order valence-electron chi connectivity index (χ2n) is 6.89. The van der Waals surface area contributed by atoms with Gasteiger partial charge in [0.1, 0.15) is 11.1 Å². The van der Waals surface area contributed by atoms with Gasteiger partial charge in [-0.15, -0.1) is 11.3 Å². The van der Waals surface area contributed by atoms with Gasteiger partial charge in [0.2, 0.25) is 6.10 Å². The molecule has 4 rings (SSSR count). The minimum absolute atomic E-state index is 0.358. The number of anilines is 1. The molecule has 8 nitrogen and oxygen atoms in total. The first-order valence-corrected chi connectivity index (χ1v) is 10.1. The van der Waals surface area contributed by atoms with E-state index in [2.05, 4.69) is 5.32 Å². The highest BCUT2D eigenvalue weighted by Gasteiger charge is 2.35. The molecule has 9 heteroatoms. The lowest BCUT2D eigenvalue weighted by Crippen LogP contribution is -2.45. The lowest BCUT2D eigenvalue weighted by Gasteiger charge is -2.30. The Morgan fingerprint density at radius 1 is 1.21 bits per heavy atom. The van der Waals surface area contributed by atoms with Crippen molar-refractivity contribution in [2.24, 2.45) is 5.73 Å². The molecule has 0 fully saturated rings. The van der Waals surface area contributed by atoms with Gasteiger partial charge < -0.3 is 25.3 Å². The van der Waals surface area contributed by atoms with Crippen LogP contribution in [-0.4, -0.2) is 36.6 Å². The Hall–Kier alpha value is -3.07. The molecule has 3 N–H and O–H groups in total. The van der Waals surface area contributed by atoms with Crippen molar-refractivity contribution >= 4 is 34.1 Å². The Balaban J connectivity index is 1.37. The molecule has 1 aliphatic carbocycles. The van der Waals surface area contributed by atoms with Crippen LogP contribution in [0.2, 0.25) is 0 Å². The van der Waals surface area contributed by atoms with Crippen molar-refractivity contribution in [2.75, 3.05) is 11.9 Å². The number of carbonyl (C=O) groups excluding carboxylic acids is 3. The number of ether oxygens (including phenoxy) is 3. The second-order valence-corrected chi connectivity index (χ2v) is 7.99. The van der Waals surface area contributed by atoms with Gasteiger partial charge in [-0.1, -0.05) is 12.1 Å². The van der Waals surface area contributed by atoms with E-state index in [0.29, 0.717) is 22.1 Å². The van der Waals surface area contributed by atoms with Crippen molar-refractivity contribution in [3.63, 3.8) is 0 Å². The Labute approximate surface area is 170 Å². The van der Waals surface area contributed by atoms with Crippen LogP contribution in [0, 0.1) is 0 Å². The largest absolute Gasteiger partial charge is 0.482 e. The summed E-state index contributed by atoms with van der Waals surface area (Å²) in [6, 6.07) is 7.01. The number of hydrogen-bond donors (Lipinski definition) is 2. The molecule has 2 heterocycles. The molecule has 0 saturated heterocycles. The molecular formula is C20H20N2O6S. The number of nitrogens with two attached hydrogens (primary N) is 1. The molecule has 2 aliphatic rings. The zero-order valence-electron chi connectivity index (χ0n) is 15.7.